The molecule has 228 valence electrons. The number of hydrogen-bond donors (Lipinski definition) is 3. The lowest BCUT2D eigenvalue weighted by atomic mass is 9.45. The number of carbonyl (C=O) groups excluding carboxylic acids is 4. The Morgan fingerprint density at radius 3 is 2.50 bits per heavy atom. The van der Waals surface area contributed by atoms with Crippen molar-refractivity contribution in [3.63, 3.8) is 0 Å². The molecule has 42 heavy (non-hydrogen) atoms. The summed E-state index contributed by atoms with van der Waals surface area (Å²) in [4.78, 5) is 50.1. The van der Waals surface area contributed by atoms with Gasteiger partial charge in [0.2, 0.25) is 11.7 Å². The number of hydrogen-bond acceptors (Lipinski definition) is 8. The van der Waals surface area contributed by atoms with Crippen molar-refractivity contribution in [2.75, 3.05) is 13.7 Å². The minimum Gasteiger partial charge on any atom is -0.497 e. The molecule has 4 aliphatic carbocycles. The number of ketones is 2. The van der Waals surface area contributed by atoms with E-state index in [1.165, 1.54) is 0 Å². The van der Waals surface area contributed by atoms with E-state index in [0.717, 1.165) is 36.1 Å². The fourth-order valence-corrected chi connectivity index (χ4v) is 8.74. The molecule has 1 amide bonds. The zero-order chi connectivity index (χ0) is 30.3. The van der Waals surface area contributed by atoms with Gasteiger partial charge in [0.1, 0.15) is 11.4 Å². The number of amides is 1. The summed E-state index contributed by atoms with van der Waals surface area (Å²) in [5, 5.41) is 26.1. The smallest absolute Gasteiger partial charge is 0.306 e. The molecule has 0 saturated heterocycles. The SMILES string of the molecule is COc1ccc(CNC(=O)CCC(=O)OCC(=O)[C@@]2(O)CC[C@@H]3[C@@H]4CCC5=CC(=O)CC[C@]5(C)[C@H]4[C@@H](O)C[C@@]32C)cc1. The summed E-state index contributed by atoms with van der Waals surface area (Å²) in [6.45, 7) is 3.81. The van der Waals surface area contributed by atoms with Gasteiger partial charge in [-0.05, 0) is 85.5 Å². The maximum absolute atomic E-state index is 13.4. The molecule has 0 radical (unpaired) electrons. The van der Waals surface area contributed by atoms with E-state index >= 15 is 0 Å². The predicted octanol–water partition coefficient (Wildman–Crippen LogP) is 3.44. The monoisotopic (exact) mass is 581 g/mol. The van der Waals surface area contributed by atoms with Crippen molar-refractivity contribution < 1.29 is 38.9 Å². The van der Waals surface area contributed by atoms with Gasteiger partial charge in [-0.3, -0.25) is 19.2 Å². The zero-order valence-electron chi connectivity index (χ0n) is 24.8. The fraction of sp³-hybridized carbons (Fsp3) is 0.636. The Balaban J connectivity index is 1.15. The third-order valence-electron chi connectivity index (χ3n) is 11.1. The Hall–Kier alpha value is -3.04. The molecule has 9 heteroatoms. The molecular weight excluding hydrogens is 538 g/mol. The van der Waals surface area contributed by atoms with Crippen LogP contribution in [0.1, 0.15) is 77.2 Å². The molecule has 5 rings (SSSR count). The average Bonchev–Trinajstić information content (AvgIpc) is 3.24. The third kappa shape index (κ3) is 5.30. The summed E-state index contributed by atoms with van der Waals surface area (Å²) >= 11 is 0. The summed E-state index contributed by atoms with van der Waals surface area (Å²) in [7, 11) is 1.58. The number of rotatable bonds is 9. The van der Waals surface area contributed by atoms with Crippen LogP contribution in [0.25, 0.3) is 0 Å². The molecule has 0 bridgehead atoms. The second-order valence-electron chi connectivity index (χ2n) is 13.2. The Bertz CT molecular complexity index is 1270. The second kappa shape index (κ2) is 11.6. The highest BCUT2D eigenvalue weighted by Gasteiger charge is 2.68. The molecule has 0 aromatic heterocycles. The molecule has 3 saturated carbocycles. The van der Waals surface area contributed by atoms with Crippen molar-refractivity contribution in [3.8, 4) is 5.75 Å². The number of benzene rings is 1. The summed E-state index contributed by atoms with van der Waals surface area (Å²) in [5.74, 6) is -0.518. The van der Waals surface area contributed by atoms with Crippen molar-refractivity contribution in [1.29, 1.82) is 0 Å². The van der Waals surface area contributed by atoms with E-state index in [1.54, 1.807) is 25.3 Å². The predicted molar refractivity (Wildman–Crippen MR) is 153 cm³/mol. The summed E-state index contributed by atoms with van der Waals surface area (Å²) in [6, 6.07) is 7.27. The molecule has 3 fully saturated rings. The van der Waals surface area contributed by atoms with Crippen LogP contribution >= 0.6 is 0 Å². The van der Waals surface area contributed by atoms with Gasteiger partial charge < -0.3 is 25.0 Å². The van der Waals surface area contributed by atoms with Crippen LogP contribution < -0.4 is 10.1 Å². The van der Waals surface area contributed by atoms with E-state index < -0.39 is 35.5 Å². The lowest BCUT2D eigenvalue weighted by molar-refractivity contribution is -0.184. The molecule has 1 aromatic carbocycles. The van der Waals surface area contributed by atoms with E-state index in [2.05, 4.69) is 12.2 Å². The van der Waals surface area contributed by atoms with Gasteiger partial charge in [-0.15, -0.1) is 0 Å². The molecule has 7 atom stereocenters. The summed E-state index contributed by atoms with van der Waals surface area (Å²) in [6.07, 6.45) is 4.81. The van der Waals surface area contributed by atoms with E-state index in [9.17, 15) is 29.4 Å². The minimum atomic E-state index is -1.71. The van der Waals surface area contributed by atoms with Crippen LogP contribution in [0.15, 0.2) is 35.9 Å². The topological polar surface area (TPSA) is 139 Å². The Morgan fingerprint density at radius 2 is 1.79 bits per heavy atom. The van der Waals surface area contributed by atoms with Gasteiger partial charge in [-0.2, -0.15) is 0 Å². The van der Waals surface area contributed by atoms with Crippen LogP contribution in [-0.4, -0.2) is 59.1 Å². The molecule has 9 nitrogen and oxygen atoms in total. The van der Waals surface area contributed by atoms with Crippen molar-refractivity contribution in [1.82, 2.24) is 5.32 Å². The normalized spacial score (nSPS) is 35.3. The van der Waals surface area contributed by atoms with Crippen LogP contribution in [0, 0.1) is 28.6 Å². The van der Waals surface area contributed by atoms with Crippen molar-refractivity contribution in [2.45, 2.75) is 89.9 Å². The van der Waals surface area contributed by atoms with Crippen molar-refractivity contribution >= 4 is 23.4 Å². The highest BCUT2D eigenvalue weighted by molar-refractivity contribution is 5.92. The largest absolute Gasteiger partial charge is 0.497 e. The first-order valence-electron chi connectivity index (χ1n) is 15.1. The minimum absolute atomic E-state index is 0.0187. The lowest BCUT2D eigenvalue weighted by Crippen LogP contribution is -2.62. The number of allylic oxidation sites excluding steroid dienone is 1. The first-order chi connectivity index (χ1) is 19.9. The first-order valence-corrected chi connectivity index (χ1v) is 15.1. The number of esters is 1. The summed E-state index contributed by atoms with van der Waals surface area (Å²) in [5.41, 5.74) is -0.784. The first kappa shape index (κ1) is 30.4. The standard InChI is InChI=1S/C33H43NO8/c1-31-14-12-22(35)16-21(31)6-9-24-25-13-15-33(40,32(25,2)17-26(36)30(24)31)27(37)19-42-29(39)11-10-28(38)34-18-20-4-7-23(41-3)8-5-20/h4-5,7-8,16,24-26,30,36,40H,6,9-15,17-19H2,1-3H3,(H,34,38)/t24-,25+,26-,30+,31-,32-,33-/m0/s1. The zero-order valence-corrected chi connectivity index (χ0v) is 24.8. The molecule has 3 N–H and O–H groups in total. The quantitative estimate of drug-likeness (QED) is 0.377. The number of Topliss-reactive ketones (excluding diaryl/α,β-unsaturated/α-hetero) is 1. The van der Waals surface area contributed by atoms with Crippen LogP contribution in [0.3, 0.4) is 0 Å². The lowest BCUT2D eigenvalue weighted by Gasteiger charge is -2.60. The molecule has 0 aliphatic heterocycles. The van der Waals surface area contributed by atoms with E-state index in [0.29, 0.717) is 19.4 Å². The number of nitrogens with one attached hydrogen (secondary N) is 1. The number of fused-ring (bicyclic) bond motifs is 5. The molecule has 0 unspecified atom stereocenters. The number of aliphatic hydroxyl groups excluding tert-OH is 1. The van der Waals surface area contributed by atoms with E-state index in [1.807, 2.05) is 19.1 Å². The number of ether oxygens (including phenoxy) is 2. The Morgan fingerprint density at radius 1 is 1.05 bits per heavy atom. The van der Waals surface area contributed by atoms with Gasteiger partial charge in [0.25, 0.3) is 0 Å². The Kier molecular flexibility index (Phi) is 8.38. The second-order valence-corrected chi connectivity index (χ2v) is 13.2. The fourth-order valence-electron chi connectivity index (χ4n) is 8.74. The number of methoxy groups -OCH3 is 1. The Labute approximate surface area is 247 Å². The van der Waals surface area contributed by atoms with Gasteiger partial charge >= 0.3 is 5.97 Å². The van der Waals surface area contributed by atoms with Gasteiger partial charge in [-0.25, -0.2) is 0 Å². The highest BCUT2D eigenvalue weighted by Crippen LogP contribution is 2.67. The van der Waals surface area contributed by atoms with Crippen LogP contribution in [-0.2, 0) is 30.5 Å². The van der Waals surface area contributed by atoms with Crippen LogP contribution in [0.4, 0.5) is 0 Å². The summed E-state index contributed by atoms with van der Waals surface area (Å²) < 4.78 is 10.3. The number of carbonyl (C=O) groups is 4. The van der Waals surface area contributed by atoms with Gasteiger partial charge in [0.05, 0.1) is 19.6 Å². The maximum Gasteiger partial charge on any atom is 0.306 e. The molecule has 4 aliphatic rings. The van der Waals surface area contributed by atoms with E-state index in [-0.39, 0.29) is 60.5 Å². The van der Waals surface area contributed by atoms with Gasteiger partial charge in [0.15, 0.2) is 12.4 Å². The molecule has 0 spiro atoms. The van der Waals surface area contributed by atoms with Crippen molar-refractivity contribution in [2.24, 2.45) is 28.6 Å². The molecular formula is C33H43NO8. The van der Waals surface area contributed by atoms with Crippen molar-refractivity contribution in [3.05, 3.63) is 41.5 Å². The average molecular weight is 582 g/mol. The molecule has 1 aromatic rings. The highest BCUT2D eigenvalue weighted by atomic mass is 16.5. The van der Waals surface area contributed by atoms with Gasteiger partial charge in [-0.1, -0.05) is 31.6 Å². The number of aliphatic hydroxyl groups is 2. The third-order valence-corrected chi connectivity index (χ3v) is 11.1. The van der Waals surface area contributed by atoms with E-state index in [4.69, 9.17) is 9.47 Å². The molecule has 0 heterocycles. The van der Waals surface area contributed by atoms with Crippen LogP contribution in [0.5, 0.6) is 5.75 Å². The van der Waals surface area contributed by atoms with Crippen LogP contribution in [0.2, 0.25) is 0 Å². The van der Waals surface area contributed by atoms with Gasteiger partial charge in [0, 0.05) is 24.8 Å². The maximum atomic E-state index is 13.4.